The molecule has 0 spiro atoms. The number of likely N-dealkylation sites (N-methyl/N-ethyl adjacent to an activating group) is 1. The third-order valence-electron chi connectivity index (χ3n) is 3.28. The van der Waals surface area contributed by atoms with Crippen LogP contribution in [0.1, 0.15) is 12.5 Å². The normalized spacial score (nSPS) is 10.3. The van der Waals surface area contributed by atoms with Gasteiger partial charge in [-0.25, -0.2) is 0 Å². The number of halogens is 1. The van der Waals surface area contributed by atoms with E-state index in [1.54, 1.807) is 0 Å². The smallest absolute Gasteiger partial charge is 0.119 e. The fourth-order valence-corrected chi connectivity index (χ4v) is 2.44. The molecule has 0 atom stereocenters. The summed E-state index contributed by atoms with van der Waals surface area (Å²) in [6.07, 6.45) is 0. The molecule has 0 aliphatic heterocycles. The van der Waals surface area contributed by atoms with Crippen molar-refractivity contribution in [1.82, 2.24) is 0 Å². The summed E-state index contributed by atoms with van der Waals surface area (Å²) in [6, 6.07) is 16.4. The number of anilines is 1. The van der Waals surface area contributed by atoms with E-state index in [0.29, 0.717) is 6.61 Å². The predicted molar refractivity (Wildman–Crippen MR) is 88.7 cm³/mol. The SMILES string of the molecule is CCN(CCOc1ccc(Br)cc1)c1ccccc1C. The lowest BCUT2D eigenvalue weighted by molar-refractivity contribution is 0.324. The molecule has 0 aliphatic rings. The van der Waals surface area contributed by atoms with Crippen molar-refractivity contribution in [3.63, 3.8) is 0 Å². The molecule has 2 nitrogen and oxygen atoms in total. The highest BCUT2D eigenvalue weighted by Gasteiger charge is 2.06. The van der Waals surface area contributed by atoms with Crippen molar-refractivity contribution >= 4 is 21.6 Å². The number of benzene rings is 2. The molecule has 0 aliphatic carbocycles. The van der Waals surface area contributed by atoms with E-state index >= 15 is 0 Å². The van der Waals surface area contributed by atoms with E-state index in [4.69, 9.17) is 4.74 Å². The van der Waals surface area contributed by atoms with Crippen molar-refractivity contribution in [2.24, 2.45) is 0 Å². The summed E-state index contributed by atoms with van der Waals surface area (Å²) in [4.78, 5) is 2.34. The number of hydrogen-bond donors (Lipinski definition) is 0. The van der Waals surface area contributed by atoms with Crippen molar-refractivity contribution in [1.29, 1.82) is 0 Å². The molecular weight excluding hydrogens is 314 g/mol. The Labute approximate surface area is 129 Å². The van der Waals surface area contributed by atoms with Gasteiger partial charge in [0, 0.05) is 16.7 Å². The summed E-state index contributed by atoms with van der Waals surface area (Å²) in [5, 5.41) is 0. The van der Waals surface area contributed by atoms with Gasteiger partial charge in [-0.1, -0.05) is 34.1 Å². The maximum Gasteiger partial charge on any atom is 0.119 e. The van der Waals surface area contributed by atoms with Crippen LogP contribution in [-0.4, -0.2) is 19.7 Å². The van der Waals surface area contributed by atoms with Crippen LogP contribution >= 0.6 is 15.9 Å². The summed E-state index contributed by atoms with van der Waals surface area (Å²) in [7, 11) is 0. The zero-order valence-electron chi connectivity index (χ0n) is 12.0. The first kappa shape index (κ1) is 14.9. The highest BCUT2D eigenvalue weighted by molar-refractivity contribution is 9.10. The minimum absolute atomic E-state index is 0.684. The van der Waals surface area contributed by atoms with E-state index in [1.165, 1.54) is 11.3 Å². The minimum atomic E-state index is 0.684. The fourth-order valence-electron chi connectivity index (χ4n) is 2.17. The van der Waals surface area contributed by atoms with E-state index in [2.05, 4.69) is 58.9 Å². The van der Waals surface area contributed by atoms with Crippen LogP contribution in [0.5, 0.6) is 5.75 Å². The average Bonchev–Trinajstić information content (AvgIpc) is 2.47. The second kappa shape index (κ2) is 7.34. The van der Waals surface area contributed by atoms with Crippen LogP contribution in [0.4, 0.5) is 5.69 Å². The molecule has 2 aromatic rings. The Morgan fingerprint density at radius 3 is 2.40 bits per heavy atom. The van der Waals surface area contributed by atoms with Gasteiger partial charge in [-0.2, -0.15) is 0 Å². The highest BCUT2D eigenvalue weighted by atomic mass is 79.9. The molecule has 20 heavy (non-hydrogen) atoms. The molecule has 0 N–H and O–H groups in total. The third kappa shape index (κ3) is 4.01. The topological polar surface area (TPSA) is 12.5 Å². The maximum atomic E-state index is 5.79. The van der Waals surface area contributed by atoms with Crippen LogP contribution in [0, 0.1) is 6.92 Å². The maximum absolute atomic E-state index is 5.79. The standard InChI is InChI=1S/C17H20BrNO/c1-3-19(17-7-5-4-6-14(17)2)12-13-20-16-10-8-15(18)9-11-16/h4-11H,3,12-13H2,1-2H3. The van der Waals surface area contributed by atoms with Crippen molar-refractivity contribution in [3.8, 4) is 5.75 Å². The Bertz CT molecular complexity index is 539. The van der Waals surface area contributed by atoms with Crippen molar-refractivity contribution in [3.05, 3.63) is 58.6 Å². The highest BCUT2D eigenvalue weighted by Crippen LogP contribution is 2.19. The van der Waals surface area contributed by atoms with Crippen molar-refractivity contribution in [2.45, 2.75) is 13.8 Å². The Morgan fingerprint density at radius 1 is 1.05 bits per heavy atom. The van der Waals surface area contributed by atoms with Gasteiger partial charge in [0.2, 0.25) is 0 Å². The van der Waals surface area contributed by atoms with Crippen LogP contribution in [0.3, 0.4) is 0 Å². The van der Waals surface area contributed by atoms with Crippen molar-refractivity contribution < 1.29 is 4.74 Å². The van der Waals surface area contributed by atoms with Gasteiger partial charge in [0.05, 0.1) is 6.54 Å². The second-order valence-corrected chi connectivity index (χ2v) is 5.58. The first-order valence-corrected chi connectivity index (χ1v) is 7.69. The zero-order chi connectivity index (χ0) is 14.4. The van der Waals surface area contributed by atoms with Gasteiger partial charge in [-0.3, -0.25) is 0 Å². The van der Waals surface area contributed by atoms with Gasteiger partial charge < -0.3 is 9.64 Å². The number of ether oxygens (including phenoxy) is 1. The lowest BCUT2D eigenvalue weighted by atomic mass is 10.2. The monoisotopic (exact) mass is 333 g/mol. The molecular formula is C17H20BrNO. The summed E-state index contributed by atoms with van der Waals surface area (Å²) in [5.41, 5.74) is 2.59. The van der Waals surface area contributed by atoms with Gasteiger partial charge in [0.15, 0.2) is 0 Å². The number of para-hydroxylation sites is 1. The molecule has 0 radical (unpaired) electrons. The molecule has 0 saturated carbocycles. The van der Waals surface area contributed by atoms with E-state index < -0.39 is 0 Å². The molecule has 0 fully saturated rings. The lowest BCUT2D eigenvalue weighted by Crippen LogP contribution is -2.28. The Morgan fingerprint density at radius 2 is 1.75 bits per heavy atom. The zero-order valence-corrected chi connectivity index (χ0v) is 13.6. The second-order valence-electron chi connectivity index (χ2n) is 4.67. The van der Waals surface area contributed by atoms with E-state index in [-0.39, 0.29) is 0 Å². The summed E-state index contributed by atoms with van der Waals surface area (Å²) in [6.45, 7) is 6.87. The Balaban J connectivity index is 1.91. The Hall–Kier alpha value is -1.48. The first-order chi connectivity index (χ1) is 9.70. The van der Waals surface area contributed by atoms with Gasteiger partial charge in [0.25, 0.3) is 0 Å². The molecule has 0 amide bonds. The van der Waals surface area contributed by atoms with E-state index in [0.717, 1.165) is 23.3 Å². The molecule has 106 valence electrons. The Kier molecular flexibility index (Phi) is 5.48. The third-order valence-corrected chi connectivity index (χ3v) is 3.81. The first-order valence-electron chi connectivity index (χ1n) is 6.89. The van der Waals surface area contributed by atoms with Crippen LogP contribution in [0.15, 0.2) is 53.0 Å². The van der Waals surface area contributed by atoms with Gasteiger partial charge >= 0.3 is 0 Å². The van der Waals surface area contributed by atoms with Crippen molar-refractivity contribution in [2.75, 3.05) is 24.6 Å². The summed E-state index contributed by atoms with van der Waals surface area (Å²) >= 11 is 3.42. The predicted octanol–water partition coefficient (Wildman–Crippen LogP) is 4.66. The molecule has 0 bridgehead atoms. The number of nitrogens with zero attached hydrogens (tertiary/aromatic N) is 1. The molecule has 0 unspecified atom stereocenters. The number of hydrogen-bond acceptors (Lipinski definition) is 2. The van der Waals surface area contributed by atoms with E-state index in [1.807, 2.05) is 24.3 Å². The minimum Gasteiger partial charge on any atom is -0.492 e. The van der Waals surface area contributed by atoms with Gasteiger partial charge in [-0.05, 0) is 49.7 Å². The lowest BCUT2D eigenvalue weighted by Gasteiger charge is -2.24. The van der Waals surface area contributed by atoms with Gasteiger partial charge in [0.1, 0.15) is 12.4 Å². The largest absolute Gasteiger partial charge is 0.492 e. The molecule has 3 heteroatoms. The number of rotatable bonds is 6. The van der Waals surface area contributed by atoms with Crippen LogP contribution in [0.2, 0.25) is 0 Å². The molecule has 0 heterocycles. The van der Waals surface area contributed by atoms with Crippen LogP contribution in [-0.2, 0) is 0 Å². The van der Waals surface area contributed by atoms with Gasteiger partial charge in [-0.15, -0.1) is 0 Å². The summed E-state index contributed by atoms with van der Waals surface area (Å²) < 4.78 is 6.86. The van der Waals surface area contributed by atoms with E-state index in [9.17, 15) is 0 Å². The molecule has 0 saturated heterocycles. The average molecular weight is 334 g/mol. The summed E-state index contributed by atoms with van der Waals surface area (Å²) in [5.74, 6) is 0.911. The van der Waals surface area contributed by atoms with Crippen LogP contribution < -0.4 is 9.64 Å². The van der Waals surface area contributed by atoms with Crippen LogP contribution in [0.25, 0.3) is 0 Å². The molecule has 2 aromatic carbocycles. The quantitative estimate of drug-likeness (QED) is 0.762. The fraction of sp³-hybridized carbons (Fsp3) is 0.294. The molecule has 2 rings (SSSR count). The number of aryl methyl sites for hydroxylation is 1. The molecule has 0 aromatic heterocycles.